The quantitative estimate of drug-likeness (QED) is 0.337. The number of hydrogen-bond acceptors (Lipinski definition) is 9. The molecule has 1 amide bonds. The Hall–Kier alpha value is -3.28. The van der Waals surface area contributed by atoms with Crippen LogP contribution >= 0.6 is 22.9 Å². The normalized spacial score (nSPS) is 11.2. The molecule has 178 valence electrons. The van der Waals surface area contributed by atoms with Crippen LogP contribution in [0.2, 0.25) is 5.02 Å². The molecule has 0 spiro atoms. The van der Waals surface area contributed by atoms with E-state index in [4.69, 9.17) is 16.3 Å². The molecule has 4 aromatic rings. The Morgan fingerprint density at radius 2 is 2.09 bits per heavy atom. The Bertz CT molecular complexity index is 1270. The van der Waals surface area contributed by atoms with E-state index in [9.17, 15) is 4.79 Å². The van der Waals surface area contributed by atoms with Crippen molar-refractivity contribution < 1.29 is 9.53 Å². The van der Waals surface area contributed by atoms with Crippen molar-refractivity contribution in [1.82, 2.24) is 30.3 Å². The number of pyridine rings is 1. The smallest absolute Gasteiger partial charge is 0.415 e. The van der Waals surface area contributed by atoms with Gasteiger partial charge in [-0.1, -0.05) is 29.9 Å². The van der Waals surface area contributed by atoms with Crippen molar-refractivity contribution in [3.05, 3.63) is 41.7 Å². The van der Waals surface area contributed by atoms with Gasteiger partial charge in [0.25, 0.3) is 0 Å². The summed E-state index contributed by atoms with van der Waals surface area (Å²) in [5.74, 6) is 0.499. The van der Waals surface area contributed by atoms with Gasteiger partial charge in [-0.05, 0) is 44.8 Å². The van der Waals surface area contributed by atoms with Gasteiger partial charge in [0.2, 0.25) is 5.13 Å². The van der Waals surface area contributed by atoms with Crippen LogP contribution in [-0.4, -0.2) is 70.2 Å². The number of fused-ring (bicyclic) bond motifs is 1. The van der Waals surface area contributed by atoms with Gasteiger partial charge in [0.05, 0.1) is 29.0 Å². The predicted molar refractivity (Wildman–Crippen MR) is 135 cm³/mol. The van der Waals surface area contributed by atoms with Crippen LogP contribution in [0.1, 0.15) is 13.3 Å². The lowest BCUT2D eigenvalue weighted by molar-refractivity contribution is 0.153. The number of aromatic amines is 1. The molecule has 1 aromatic carbocycles. The molecular formula is C22H25ClN8O2S. The summed E-state index contributed by atoms with van der Waals surface area (Å²) < 4.78 is 5.37. The fourth-order valence-electron chi connectivity index (χ4n) is 3.15. The first kappa shape index (κ1) is 23.9. The first-order valence-electron chi connectivity index (χ1n) is 10.7. The number of likely N-dealkylation sites (N-methyl/N-ethyl adjacent to an activating group) is 1. The molecule has 0 aliphatic heterocycles. The Kier molecular flexibility index (Phi) is 7.56. The molecule has 0 radical (unpaired) electrons. The molecule has 34 heavy (non-hydrogen) atoms. The summed E-state index contributed by atoms with van der Waals surface area (Å²) in [5, 5.41) is 21.3. The number of nitrogens with zero attached hydrogens (tertiary/aromatic N) is 6. The highest BCUT2D eigenvalue weighted by Crippen LogP contribution is 2.34. The van der Waals surface area contributed by atoms with Gasteiger partial charge in [-0.2, -0.15) is 5.10 Å². The minimum atomic E-state index is -0.419. The average molecular weight is 501 g/mol. The average Bonchev–Trinajstić information content (AvgIpc) is 3.50. The van der Waals surface area contributed by atoms with E-state index in [1.807, 2.05) is 50.2 Å². The number of hydrogen-bond donors (Lipinski definition) is 2. The van der Waals surface area contributed by atoms with Crippen molar-refractivity contribution in [3.63, 3.8) is 0 Å². The molecule has 0 aliphatic rings. The molecule has 0 aliphatic carbocycles. The third-order valence-corrected chi connectivity index (χ3v) is 6.21. The molecular weight excluding hydrogens is 476 g/mol. The Morgan fingerprint density at radius 1 is 1.24 bits per heavy atom. The van der Waals surface area contributed by atoms with Crippen LogP contribution in [0.15, 0.2) is 36.7 Å². The second-order valence-electron chi connectivity index (χ2n) is 7.77. The second kappa shape index (κ2) is 10.8. The molecule has 0 unspecified atom stereocenters. The predicted octanol–water partition coefficient (Wildman–Crippen LogP) is 4.79. The van der Waals surface area contributed by atoms with Crippen LogP contribution in [0.25, 0.3) is 21.5 Å². The van der Waals surface area contributed by atoms with Crippen molar-refractivity contribution in [2.45, 2.75) is 13.3 Å². The SMILES string of the molecule is CCCOC(=O)N(CCN(C)C)c1cc(-c2nnc(Nc3ccc4[nH]ncc4c3Cl)s2)ccn1. The third kappa shape index (κ3) is 5.44. The Balaban J connectivity index is 1.55. The lowest BCUT2D eigenvalue weighted by Crippen LogP contribution is -2.37. The van der Waals surface area contributed by atoms with Crippen molar-refractivity contribution in [2.75, 3.05) is 44.0 Å². The number of halogens is 1. The topological polar surface area (TPSA) is 112 Å². The standard InChI is InChI=1S/C22H25ClN8O2S/c1-4-11-33-22(32)31(10-9-30(2)3)18-12-14(7-8-24-18)20-28-29-21(34-20)26-17-6-5-16-15(19(17)23)13-25-27-16/h5-8,12-13H,4,9-11H2,1-3H3,(H,25,27)(H,26,29). The lowest BCUT2D eigenvalue weighted by Gasteiger charge is -2.23. The van der Waals surface area contributed by atoms with E-state index in [2.05, 4.69) is 30.7 Å². The minimum Gasteiger partial charge on any atom is -0.449 e. The van der Waals surface area contributed by atoms with E-state index >= 15 is 0 Å². The summed E-state index contributed by atoms with van der Waals surface area (Å²) in [6.07, 6.45) is 3.66. The van der Waals surface area contributed by atoms with E-state index in [0.717, 1.165) is 22.9 Å². The highest BCUT2D eigenvalue weighted by atomic mass is 35.5. The molecule has 0 saturated carbocycles. The Morgan fingerprint density at radius 3 is 2.88 bits per heavy atom. The number of benzene rings is 1. The largest absolute Gasteiger partial charge is 0.449 e. The highest BCUT2D eigenvalue weighted by Gasteiger charge is 2.20. The number of anilines is 3. The third-order valence-electron chi connectivity index (χ3n) is 4.91. The molecule has 2 N–H and O–H groups in total. The molecule has 3 heterocycles. The van der Waals surface area contributed by atoms with Gasteiger partial charge in [0, 0.05) is 30.2 Å². The van der Waals surface area contributed by atoms with E-state index in [0.29, 0.717) is 46.4 Å². The van der Waals surface area contributed by atoms with Gasteiger partial charge in [-0.15, -0.1) is 10.2 Å². The van der Waals surface area contributed by atoms with Gasteiger partial charge in [0.1, 0.15) is 10.8 Å². The maximum atomic E-state index is 12.7. The maximum absolute atomic E-state index is 12.7. The molecule has 0 saturated heterocycles. The fraction of sp³-hybridized carbons (Fsp3) is 0.318. The van der Waals surface area contributed by atoms with Gasteiger partial charge >= 0.3 is 6.09 Å². The molecule has 12 heteroatoms. The van der Waals surface area contributed by atoms with E-state index in [1.165, 1.54) is 11.3 Å². The van der Waals surface area contributed by atoms with Crippen molar-refractivity contribution in [1.29, 1.82) is 0 Å². The molecule has 10 nitrogen and oxygen atoms in total. The van der Waals surface area contributed by atoms with Crippen LogP contribution < -0.4 is 10.2 Å². The van der Waals surface area contributed by atoms with Crippen LogP contribution in [0.5, 0.6) is 0 Å². The number of rotatable bonds is 9. The van der Waals surface area contributed by atoms with E-state index < -0.39 is 6.09 Å². The zero-order chi connectivity index (χ0) is 24.1. The van der Waals surface area contributed by atoms with Gasteiger partial charge in [-0.3, -0.25) is 10.00 Å². The maximum Gasteiger partial charge on any atom is 0.415 e. The molecule has 0 atom stereocenters. The number of carbonyl (C=O) groups is 1. The number of aromatic nitrogens is 5. The molecule has 3 aromatic heterocycles. The number of H-pyrrole nitrogens is 1. The minimum absolute atomic E-state index is 0.357. The first-order chi connectivity index (χ1) is 16.5. The molecule has 0 bridgehead atoms. The molecule has 4 rings (SSSR count). The van der Waals surface area contributed by atoms with E-state index in [-0.39, 0.29) is 0 Å². The summed E-state index contributed by atoms with van der Waals surface area (Å²) in [4.78, 5) is 20.6. The number of carbonyl (C=O) groups excluding carboxylic acids is 1. The zero-order valence-electron chi connectivity index (χ0n) is 19.1. The number of amides is 1. The fourth-order valence-corrected chi connectivity index (χ4v) is 4.16. The van der Waals surface area contributed by atoms with Crippen molar-refractivity contribution in [3.8, 4) is 10.6 Å². The summed E-state index contributed by atoms with van der Waals surface area (Å²) in [6.45, 7) is 3.43. The number of ether oxygens (including phenoxy) is 1. The summed E-state index contributed by atoms with van der Waals surface area (Å²) in [7, 11) is 3.90. The van der Waals surface area contributed by atoms with Crippen molar-refractivity contribution >= 4 is 56.6 Å². The highest BCUT2D eigenvalue weighted by molar-refractivity contribution is 7.18. The number of nitrogens with one attached hydrogen (secondary N) is 2. The second-order valence-corrected chi connectivity index (χ2v) is 9.12. The monoisotopic (exact) mass is 500 g/mol. The van der Waals surface area contributed by atoms with Crippen LogP contribution in [0.3, 0.4) is 0 Å². The van der Waals surface area contributed by atoms with E-state index in [1.54, 1.807) is 17.3 Å². The zero-order valence-corrected chi connectivity index (χ0v) is 20.7. The van der Waals surface area contributed by atoms with Crippen LogP contribution in [-0.2, 0) is 4.74 Å². The van der Waals surface area contributed by atoms with Gasteiger partial charge < -0.3 is 15.0 Å². The summed E-state index contributed by atoms with van der Waals surface area (Å²) in [5.41, 5.74) is 2.36. The first-order valence-corrected chi connectivity index (χ1v) is 11.9. The van der Waals surface area contributed by atoms with Crippen LogP contribution in [0, 0.1) is 0 Å². The van der Waals surface area contributed by atoms with Gasteiger partial charge in [-0.25, -0.2) is 9.78 Å². The van der Waals surface area contributed by atoms with Gasteiger partial charge in [0.15, 0.2) is 0 Å². The molecule has 0 fully saturated rings. The Labute approximate surface area is 205 Å². The van der Waals surface area contributed by atoms with Crippen LogP contribution in [0.4, 0.5) is 21.4 Å². The summed E-state index contributed by atoms with van der Waals surface area (Å²) >= 11 is 7.87. The van der Waals surface area contributed by atoms with Crippen molar-refractivity contribution in [2.24, 2.45) is 0 Å². The summed E-state index contributed by atoms with van der Waals surface area (Å²) in [6, 6.07) is 7.41. The lowest BCUT2D eigenvalue weighted by atomic mass is 10.2.